The molecule has 0 saturated carbocycles. The topological polar surface area (TPSA) is 53.5 Å². The normalized spacial score (nSPS) is 14.6. The fraction of sp³-hybridized carbons (Fsp3) is 0.333. The average Bonchev–Trinajstić information content (AvgIpc) is 2.54. The summed E-state index contributed by atoms with van der Waals surface area (Å²) < 4.78 is 16.3. The Morgan fingerprint density at radius 3 is 2.81 bits per heavy atom. The first-order chi connectivity index (χ1) is 10.3. The van der Waals surface area contributed by atoms with E-state index in [0.29, 0.717) is 19.1 Å². The second kappa shape index (κ2) is 6.30. The standard InChI is InChI=1S/C15H15BrN2O3/c1-19-15-8-11(17-9-18-15)7-12(16)10-2-3-13-14(6-10)21-5-4-20-13/h2-3,6,8-9,12H,4-5,7H2,1H3. The molecule has 1 aromatic heterocycles. The van der Waals surface area contributed by atoms with Crippen molar-refractivity contribution in [2.75, 3.05) is 20.3 Å². The maximum Gasteiger partial charge on any atom is 0.216 e. The number of ether oxygens (including phenoxy) is 3. The third-order valence-electron chi connectivity index (χ3n) is 3.22. The van der Waals surface area contributed by atoms with Gasteiger partial charge in [-0.25, -0.2) is 9.97 Å². The minimum atomic E-state index is 0.132. The molecule has 0 bridgehead atoms. The molecule has 110 valence electrons. The van der Waals surface area contributed by atoms with Crippen molar-refractivity contribution < 1.29 is 14.2 Å². The Bertz CT molecular complexity index is 636. The number of methoxy groups -OCH3 is 1. The molecule has 0 spiro atoms. The van der Waals surface area contributed by atoms with Crippen molar-refractivity contribution in [2.45, 2.75) is 11.2 Å². The molecule has 0 saturated heterocycles. The molecule has 2 heterocycles. The zero-order valence-electron chi connectivity index (χ0n) is 11.6. The summed E-state index contributed by atoms with van der Waals surface area (Å²) >= 11 is 3.70. The zero-order chi connectivity index (χ0) is 14.7. The summed E-state index contributed by atoms with van der Waals surface area (Å²) in [6, 6.07) is 7.82. The molecule has 6 heteroatoms. The molecule has 1 aliphatic rings. The van der Waals surface area contributed by atoms with Crippen LogP contribution in [0.2, 0.25) is 0 Å². The van der Waals surface area contributed by atoms with Gasteiger partial charge in [-0.05, 0) is 17.7 Å². The first-order valence-corrected chi connectivity index (χ1v) is 7.56. The Kier molecular flexibility index (Phi) is 4.24. The van der Waals surface area contributed by atoms with Crippen molar-refractivity contribution >= 4 is 15.9 Å². The molecule has 0 amide bonds. The lowest BCUT2D eigenvalue weighted by Crippen LogP contribution is -2.15. The highest BCUT2D eigenvalue weighted by molar-refractivity contribution is 9.09. The Labute approximate surface area is 131 Å². The van der Waals surface area contributed by atoms with E-state index in [1.54, 1.807) is 7.11 Å². The van der Waals surface area contributed by atoms with Gasteiger partial charge in [-0.3, -0.25) is 0 Å². The zero-order valence-corrected chi connectivity index (χ0v) is 13.2. The minimum absolute atomic E-state index is 0.132. The summed E-state index contributed by atoms with van der Waals surface area (Å²) in [7, 11) is 1.60. The van der Waals surface area contributed by atoms with E-state index in [-0.39, 0.29) is 4.83 Å². The van der Waals surface area contributed by atoms with Crippen molar-refractivity contribution in [1.29, 1.82) is 0 Å². The van der Waals surface area contributed by atoms with Crippen LogP contribution >= 0.6 is 15.9 Å². The maximum absolute atomic E-state index is 5.61. The highest BCUT2D eigenvalue weighted by Gasteiger charge is 2.16. The van der Waals surface area contributed by atoms with E-state index in [1.807, 2.05) is 24.3 Å². The molecule has 0 radical (unpaired) electrons. The molecule has 21 heavy (non-hydrogen) atoms. The Balaban J connectivity index is 1.76. The van der Waals surface area contributed by atoms with E-state index in [2.05, 4.69) is 25.9 Å². The molecule has 1 aromatic carbocycles. The van der Waals surface area contributed by atoms with Crippen LogP contribution in [0.1, 0.15) is 16.1 Å². The second-order valence-corrected chi connectivity index (χ2v) is 5.73. The predicted octanol–water partition coefficient (Wildman–Crippen LogP) is 2.94. The minimum Gasteiger partial charge on any atom is -0.486 e. The second-order valence-electron chi connectivity index (χ2n) is 4.63. The van der Waals surface area contributed by atoms with E-state index < -0.39 is 0 Å². The van der Waals surface area contributed by atoms with Gasteiger partial charge in [0.1, 0.15) is 19.5 Å². The average molecular weight is 351 g/mol. The van der Waals surface area contributed by atoms with Gasteiger partial charge < -0.3 is 14.2 Å². The summed E-state index contributed by atoms with van der Waals surface area (Å²) in [5.41, 5.74) is 2.04. The first-order valence-electron chi connectivity index (χ1n) is 6.65. The van der Waals surface area contributed by atoms with Gasteiger partial charge in [0.05, 0.1) is 7.11 Å². The van der Waals surface area contributed by atoms with Gasteiger partial charge >= 0.3 is 0 Å². The van der Waals surface area contributed by atoms with Gasteiger partial charge in [0, 0.05) is 23.0 Å². The lowest BCUT2D eigenvalue weighted by molar-refractivity contribution is 0.171. The molecular weight excluding hydrogens is 336 g/mol. The van der Waals surface area contributed by atoms with Gasteiger partial charge in [-0.1, -0.05) is 22.0 Å². The number of hydrogen-bond donors (Lipinski definition) is 0. The quantitative estimate of drug-likeness (QED) is 0.793. The third-order valence-corrected chi connectivity index (χ3v) is 4.08. The number of rotatable bonds is 4. The SMILES string of the molecule is COc1cc(CC(Br)c2ccc3c(c2)OCCO3)ncn1. The molecule has 5 nitrogen and oxygen atoms in total. The van der Waals surface area contributed by atoms with Crippen LogP contribution < -0.4 is 14.2 Å². The summed E-state index contributed by atoms with van der Waals surface area (Å²) in [4.78, 5) is 8.41. The molecule has 0 aliphatic carbocycles. The lowest BCUT2D eigenvalue weighted by Gasteiger charge is -2.20. The van der Waals surface area contributed by atoms with Crippen LogP contribution in [-0.4, -0.2) is 30.3 Å². The van der Waals surface area contributed by atoms with Crippen molar-refractivity contribution in [3.05, 3.63) is 41.9 Å². The number of benzene rings is 1. The molecule has 0 N–H and O–H groups in total. The molecular formula is C15H15BrN2O3. The number of alkyl halides is 1. The molecule has 1 aliphatic heterocycles. The van der Waals surface area contributed by atoms with Crippen LogP contribution in [0, 0.1) is 0 Å². The van der Waals surface area contributed by atoms with E-state index in [1.165, 1.54) is 6.33 Å². The van der Waals surface area contributed by atoms with Gasteiger partial charge in [-0.2, -0.15) is 0 Å². The largest absolute Gasteiger partial charge is 0.486 e. The third kappa shape index (κ3) is 3.26. The Morgan fingerprint density at radius 1 is 1.19 bits per heavy atom. The van der Waals surface area contributed by atoms with Gasteiger partial charge in [0.2, 0.25) is 5.88 Å². The number of hydrogen-bond acceptors (Lipinski definition) is 5. The van der Waals surface area contributed by atoms with Crippen molar-refractivity contribution in [3.63, 3.8) is 0 Å². The Morgan fingerprint density at radius 2 is 2.00 bits per heavy atom. The smallest absolute Gasteiger partial charge is 0.216 e. The molecule has 1 unspecified atom stereocenters. The van der Waals surface area contributed by atoms with E-state index >= 15 is 0 Å². The summed E-state index contributed by atoms with van der Waals surface area (Å²) in [6.07, 6.45) is 2.25. The summed E-state index contributed by atoms with van der Waals surface area (Å²) in [5, 5.41) is 0. The molecule has 3 rings (SSSR count). The maximum atomic E-state index is 5.61. The highest BCUT2D eigenvalue weighted by Crippen LogP contribution is 2.36. The molecule has 1 atom stereocenters. The van der Waals surface area contributed by atoms with Crippen LogP contribution in [-0.2, 0) is 6.42 Å². The monoisotopic (exact) mass is 350 g/mol. The van der Waals surface area contributed by atoms with E-state index in [0.717, 1.165) is 29.2 Å². The van der Waals surface area contributed by atoms with Crippen LogP contribution in [0.5, 0.6) is 17.4 Å². The summed E-state index contributed by atoms with van der Waals surface area (Å²) in [6.45, 7) is 1.19. The van der Waals surface area contributed by atoms with Crippen molar-refractivity contribution in [3.8, 4) is 17.4 Å². The fourth-order valence-corrected chi connectivity index (χ4v) is 2.77. The van der Waals surface area contributed by atoms with Gasteiger partial charge in [0.15, 0.2) is 11.5 Å². The van der Waals surface area contributed by atoms with Crippen LogP contribution in [0.4, 0.5) is 0 Å². The predicted molar refractivity (Wildman–Crippen MR) is 81.4 cm³/mol. The highest BCUT2D eigenvalue weighted by atomic mass is 79.9. The molecule has 0 fully saturated rings. The van der Waals surface area contributed by atoms with E-state index in [4.69, 9.17) is 14.2 Å². The Hall–Kier alpha value is -1.82. The number of nitrogens with zero attached hydrogens (tertiary/aromatic N) is 2. The van der Waals surface area contributed by atoms with Crippen molar-refractivity contribution in [2.24, 2.45) is 0 Å². The fourth-order valence-electron chi connectivity index (χ4n) is 2.16. The first kappa shape index (κ1) is 14.1. The lowest BCUT2D eigenvalue weighted by atomic mass is 10.1. The van der Waals surface area contributed by atoms with E-state index in [9.17, 15) is 0 Å². The number of fused-ring (bicyclic) bond motifs is 1. The number of aromatic nitrogens is 2. The summed E-state index contributed by atoms with van der Waals surface area (Å²) in [5.74, 6) is 2.17. The van der Waals surface area contributed by atoms with Crippen LogP contribution in [0.15, 0.2) is 30.6 Å². The number of halogens is 1. The van der Waals surface area contributed by atoms with Crippen LogP contribution in [0.3, 0.4) is 0 Å². The molecule has 2 aromatic rings. The van der Waals surface area contributed by atoms with Crippen molar-refractivity contribution in [1.82, 2.24) is 9.97 Å². The van der Waals surface area contributed by atoms with Gasteiger partial charge in [0.25, 0.3) is 0 Å². The van der Waals surface area contributed by atoms with Crippen LogP contribution in [0.25, 0.3) is 0 Å². The van der Waals surface area contributed by atoms with Gasteiger partial charge in [-0.15, -0.1) is 0 Å².